The number of halogens is 2. The monoisotopic (exact) mass is 241 g/mol. The number of nitrogens with one attached hydrogen (secondary N) is 1. The lowest BCUT2D eigenvalue weighted by Gasteiger charge is -2.20. The Hall–Kier alpha value is -1.36. The Morgan fingerprint density at radius 2 is 2.06 bits per heavy atom. The third kappa shape index (κ3) is 2.66. The highest BCUT2D eigenvalue weighted by atomic mass is 19.1. The minimum atomic E-state index is -0.636. The average Bonchev–Trinajstić information content (AvgIpc) is 2.62. The summed E-state index contributed by atoms with van der Waals surface area (Å²) in [5, 5.41) is 2.83. The Bertz CT molecular complexity index is 386. The molecule has 0 bridgehead atoms. The van der Waals surface area contributed by atoms with Crippen LogP contribution in [0.15, 0.2) is 12.1 Å². The first-order chi connectivity index (χ1) is 8.08. The van der Waals surface area contributed by atoms with Gasteiger partial charge in [0.2, 0.25) is 0 Å². The minimum Gasteiger partial charge on any atom is -0.399 e. The molecule has 1 atom stereocenters. The van der Waals surface area contributed by atoms with Crippen molar-refractivity contribution >= 4 is 11.4 Å². The van der Waals surface area contributed by atoms with E-state index >= 15 is 0 Å². The van der Waals surface area contributed by atoms with Gasteiger partial charge in [-0.15, -0.1) is 0 Å². The van der Waals surface area contributed by atoms with E-state index in [4.69, 9.17) is 5.73 Å². The zero-order valence-corrected chi connectivity index (χ0v) is 9.84. The molecule has 17 heavy (non-hydrogen) atoms. The number of benzene rings is 1. The van der Waals surface area contributed by atoms with Gasteiger partial charge < -0.3 is 16.0 Å². The van der Waals surface area contributed by atoms with E-state index in [1.807, 2.05) is 7.05 Å². The molecule has 3 N–H and O–H groups in total. The second-order valence-electron chi connectivity index (χ2n) is 4.52. The molecule has 1 fully saturated rings. The predicted octanol–water partition coefficient (Wildman–Crippen LogP) is 2.05. The van der Waals surface area contributed by atoms with Crippen LogP contribution < -0.4 is 11.1 Å². The number of nitrogens with two attached hydrogens (primary N) is 1. The van der Waals surface area contributed by atoms with Gasteiger partial charge in [-0.05, 0) is 38.6 Å². The average molecular weight is 241 g/mol. The van der Waals surface area contributed by atoms with Gasteiger partial charge in [-0.1, -0.05) is 0 Å². The lowest BCUT2D eigenvalue weighted by molar-refractivity contribution is 0.322. The maximum atomic E-state index is 13.5. The molecule has 0 aliphatic carbocycles. The van der Waals surface area contributed by atoms with E-state index in [2.05, 4.69) is 10.2 Å². The first kappa shape index (κ1) is 12.1. The maximum Gasteiger partial charge on any atom is 0.151 e. The van der Waals surface area contributed by atoms with E-state index in [1.165, 1.54) is 0 Å². The Labute approximate surface area is 99.6 Å². The molecule has 1 saturated heterocycles. The normalized spacial score (nSPS) is 20.8. The van der Waals surface area contributed by atoms with Crippen molar-refractivity contribution in [3.63, 3.8) is 0 Å². The molecule has 0 aromatic heterocycles. The molecule has 0 amide bonds. The number of nitrogen functional groups attached to an aromatic ring is 1. The van der Waals surface area contributed by atoms with Crippen molar-refractivity contribution in [2.24, 2.45) is 0 Å². The van der Waals surface area contributed by atoms with Crippen LogP contribution in [0.25, 0.3) is 0 Å². The molecular weight excluding hydrogens is 224 g/mol. The van der Waals surface area contributed by atoms with Crippen LogP contribution in [0.1, 0.15) is 12.8 Å². The van der Waals surface area contributed by atoms with Crippen LogP contribution >= 0.6 is 0 Å². The summed E-state index contributed by atoms with van der Waals surface area (Å²) in [5.41, 5.74) is 5.37. The first-order valence-corrected chi connectivity index (χ1v) is 5.76. The van der Waals surface area contributed by atoms with Crippen molar-refractivity contribution in [3.05, 3.63) is 23.8 Å². The Morgan fingerprint density at radius 1 is 1.41 bits per heavy atom. The zero-order chi connectivity index (χ0) is 12.4. The van der Waals surface area contributed by atoms with Crippen LogP contribution in [-0.4, -0.2) is 31.1 Å². The molecule has 94 valence electrons. The summed E-state index contributed by atoms with van der Waals surface area (Å²) in [6.45, 7) is 1.59. The molecule has 1 aliphatic heterocycles. The summed E-state index contributed by atoms with van der Waals surface area (Å²) in [4.78, 5) is 2.19. The number of likely N-dealkylation sites (tertiary alicyclic amines) is 1. The predicted molar refractivity (Wildman–Crippen MR) is 64.9 cm³/mol. The molecule has 0 radical (unpaired) electrons. The Kier molecular flexibility index (Phi) is 3.47. The van der Waals surface area contributed by atoms with E-state index in [-0.39, 0.29) is 11.4 Å². The van der Waals surface area contributed by atoms with Crippen molar-refractivity contribution in [2.75, 3.05) is 31.2 Å². The van der Waals surface area contributed by atoms with Crippen LogP contribution in [0.4, 0.5) is 20.2 Å². The molecule has 3 nitrogen and oxygen atoms in total. The van der Waals surface area contributed by atoms with E-state index in [9.17, 15) is 8.78 Å². The fraction of sp³-hybridized carbons (Fsp3) is 0.500. The van der Waals surface area contributed by atoms with Crippen molar-refractivity contribution in [1.82, 2.24) is 4.90 Å². The molecule has 1 heterocycles. The SMILES string of the molecule is CN1CCCC1CNc1c(F)cc(N)cc1F. The smallest absolute Gasteiger partial charge is 0.151 e. The zero-order valence-electron chi connectivity index (χ0n) is 9.84. The number of likely N-dealkylation sites (N-methyl/N-ethyl adjacent to an activating group) is 1. The number of hydrogen-bond acceptors (Lipinski definition) is 3. The largest absolute Gasteiger partial charge is 0.399 e. The molecular formula is C12H17F2N3. The van der Waals surface area contributed by atoms with E-state index in [0.717, 1.165) is 31.5 Å². The van der Waals surface area contributed by atoms with E-state index in [1.54, 1.807) is 0 Å². The van der Waals surface area contributed by atoms with Gasteiger partial charge >= 0.3 is 0 Å². The van der Waals surface area contributed by atoms with Crippen LogP contribution in [-0.2, 0) is 0 Å². The van der Waals surface area contributed by atoms with Crippen LogP contribution in [0.5, 0.6) is 0 Å². The van der Waals surface area contributed by atoms with E-state index < -0.39 is 11.6 Å². The second-order valence-corrected chi connectivity index (χ2v) is 4.52. The number of rotatable bonds is 3. The van der Waals surface area contributed by atoms with Crippen LogP contribution in [0.2, 0.25) is 0 Å². The highest BCUT2D eigenvalue weighted by molar-refractivity contribution is 5.54. The van der Waals surface area contributed by atoms with Crippen molar-refractivity contribution < 1.29 is 8.78 Å². The van der Waals surface area contributed by atoms with Gasteiger partial charge in [-0.25, -0.2) is 8.78 Å². The van der Waals surface area contributed by atoms with Gasteiger partial charge in [0.05, 0.1) is 0 Å². The first-order valence-electron chi connectivity index (χ1n) is 5.76. The highest BCUT2D eigenvalue weighted by Gasteiger charge is 2.21. The van der Waals surface area contributed by atoms with Crippen molar-refractivity contribution in [3.8, 4) is 0 Å². The second kappa shape index (κ2) is 4.87. The molecule has 1 aromatic rings. The highest BCUT2D eigenvalue weighted by Crippen LogP contribution is 2.23. The number of hydrogen-bond donors (Lipinski definition) is 2. The van der Waals surface area contributed by atoms with Crippen LogP contribution in [0.3, 0.4) is 0 Å². The molecule has 5 heteroatoms. The quantitative estimate of drug-likeness (QED) is 0.796. The Balaban J connectivity index is 2.04. The van der Waals surface area contributed by atoms with E-state index in [0.29, 0.717) is 12.6 Å². The molecule has 2 rings (SSSR count). The summed E-state index contributed by atoms with van der Waals surface area (Å²) in [5.74, 6) is -1.27. The summed E-state index contributed by atoms with van der Waals surface area (Å²) in [7, 11) is 2.02. The lowest BCUT2D eigenvalue weighted by atomic mass is 10.2. The van der Waals surface area contributed by atoms with Gasteiger partial charge in [0.15, 0.2) is 11.6 Å². The third-order valence-corrected chi connectivity index (χ3v) is 3.25. The molecule has 1 aromatic carbocycles. The summed E-state index contributed by atoms with van der Waals surface area (Å²) < 4.78 is 27.0. The fourth-order valence-corrected chi connectivity index (χ4v) is 2.22. The molecule has 1 unspecified atom stereocenters. The van der Waals surface area contributed by atoms with Gasteiger partial charge in [0.25, 0.3) is 0 Å². The summed E-state index contributed by atoms with van der Waals surface area (Å²) >= 11 is 0. The standard InChI is InChI=1S/C12H17F2N3/c1-17-4-2-3-9(17)7-16-12-10(13)5-8(15)6-11(12)14/h5-6,9,16H,2-4,7,15H2,1H3. The summed E-state index contributed by atoms with van der Waals surface area (Å²) in [6, 6.07) is 2.60. The fourth-order valence-electron chi connectivity index (χ4n) is 2.22. The number of anilines is 2. The number of nitrogens with zero attached hydrogens (tertiary/aromatic N) is 1. The van der Waals surface area contributed by atoms with Gasteiger partial charge in [0, 0.05) is 18.3 Å². The molecule has 0 spiro atoms. The van der Waals surface area contributed by atoms with Gasteiger partial charge in [-0.3, -0.25) is 0 Å². The van der Waals surface area contributed by atoms with Crippen LogP contribution in [0, 0.1) is 11.6 Å². The van der Waals surface area contributed by atoms with Gasteiger partial charge in [0.1, 0.15) is 5.69 Å². The minimum absolute atomic E-state index is 0.0838. The maximum absolute atomic E-state index is 13.5. The summed E-state index contributed by atoms with van der Waals surface area (Å²) in [6.07, 6.45) is 2.19. The van der Waals surface area contributed by atoms with Crippen molar-refractivity contribution in [1.29, 1.82) is 0 Å². The topological polar surface area (TPSA) is 41.3 Å². The lowest BCUT2D eigenvalue weighted by Crippen LogP contribution is -2.31. The molecule has 1 aliphatic rings. The third-order valence-electron chi connectivity index (χ3n) is 3.25. The molecule has 0 saturated carbocycles. The van der Waals surface area contributed by atoms with Crippen molar-refractivity contribution in [2.45, 2.75) is 18.9 Å². The Morgan fingerprint density at radius 3 is 2.59 bits per heavy atom. The van der Waals surface area contributed by atoms with Gasteiger partial charge in [-0.2, -0.15) is 0 Å².